The van der Waals surface area contributed by atoms with Crippen molar-refractivity contribution in [2.45, 2.75) is 13.8 Å². The molecule has 0 saturated carbocycles. The molecule has 0 bridgehead atoms. The molecule has 0 amide bonds. The molecular weight excluding hydrogens is 320 g/mol. The monoisotopic (exact) mass is 336 g/mol. The summed E-state index contributed by atoms with van der Waals surface area (Å²) >= 11 is 0. The minimum Gasteiger partial charge on any atom is -0.456 e. The zero-order valence-electron chi connectivity index (χ0n) is 14.6. The topological polar surface area (TPSA) is 26.3 Å². The molecule has 2 aromatic heterocycles. The van der Waals surface area contributed by atoms with Crippen LogP contribution in [0.3, 0.4) is 0 Å². The number of rotatable bonds is 0. The number of aryl methyl sites for hydroxylation is 2. The molecule has 4 aromatic carbocycles. The van der Waals surface area contributed by atoms with Crippen LogP contribution in [0.5, 0.6) is 0 Å². The van der Waals surface area contributed by atoms with Gasteiger partial charge in [0.2, 0.25) is 0 Å². The lowest BCUT2D eigenvalue weighted by Gasteiger charge is -2.07. The summed E-state index contributed by atoms with van der Waals surface area (Å²) in [7, 11) is 0. The fourth-order valence-electron chi connectivity index (χ4n) is 4.34. The van der Waals surface area contributed by atoms with Crippen LogP contribution in [-0.4, -0.2) is 0 Å². The molecule has 0 saturated heterocycles. The van der Waals surface area contributed by atoms with Crippen LogP contribution in [0.2, 0.25) is 0 Å². The third-order valence-corrected chi connectivity index (χ3v) is 5.44. The van der Waals surface area contributed by atoms with Gasteiger partial charge in [-0.3, -0.25) is 0 Å². The predicted octanol–water partition coefficient (Wildman–Crippen LogP) is 7.26. The summed E-state index contributed by atoms with van der Waals surface area (Å²) in [6.45, 7) is 4.24. The maximum Gasteiger partial charge on any atom is 0.138 e. The molecule has 0 aliphatic rings. The van der Waals surface area contributed by atoms with Gasteiger partial charge in [0.25, 0.3) is 0 Å². The highest BCUT2D eigenvalue weighted by Gasteiger charge is 2.19. The van der Waals surface area contributed by atoms with E-state index in [1.807, 2.05) is 24.3 Å². The van der Waals surface area contributed by atoms with E-state index >= 15 is 0 Å². The lowest BCUT2D eigenvalue weighted by molar-refractivity contribution is 0.666. The van der Waals surface area contributed by atoms with Gasteiger partial charge < -0.3 is 8.83 Å². The zero-order chi connectivity index (χ0) is 17.4. The first-order chi connectivity index (χ1) is 12.7. The van der Waals surface area contributed by atoms with E-state index in [9.17, 15) is 0 Å². The van der Waals surface area contributed by atoms with Crippen molar-refractivity contribution in [1.29, 1.82) is 0 Å². The van der Waals surface area contributed by atoms with Gasteiger partial charge in [0, 0.05) is 26.9 Å². The van der Waals surface area contributed by atoms with Crippen LogP contribution >= 0.6 is 0 Å². The third kappa shape index (κ3) is 1.62. The molecule has 0 unspecified atom stereocenters. The first kappa shape index (κ1) is 14.0. The molecule has 6 aromatic rings. The van der Waals surface area contributed by atoms with Gasteiger partial charge in [-0.1, -0.05) is 36.4 Å². The molecule has 26 heavy (non-hydrogen) atoms. The van der Waals surface area contributed by atoms with E-state index in [2.05, 4.69) is 50.2 Å². The smallest absolute Gasteiger partial charge is 0.138 e. The van der Waals surface area contributed by atoms with Crippen molar-refractivity contribution in [3.63, 3.8) is 0 Å². The number of benzene rings is 4. The summed E-state index contributed by atoms with van der Waals surface area (Å²) in [6.07, 6.45) is 0. The zero-order valence-corrected chi connectivity index (χ0v) is 14.6. The molecular formula is C24H16O2. The number of para-hydroxylation sites is 2. The van der Waals surface area contributed by atoms with Gasteiger partial charge >= 0.3 is 0 Å². The van der Waals surface area contributed by atoms with Gasteiger partial charge in [0.15, 0.2) is 0 Å². The molecule has 2 heterocycles. The Labute approximate surface area is 149 Å². The molecule has 0 spiro atoms. The molecule has 0 aliphatic heterocycles. The Morgan fingerprint density at radius 2 is 1.04 bits per heavy atom. The average Bonchev–Trinajstić information content (AvgIpc) is 3.22. The van der Waals surface area contributed by atoms with E-state index < -0.39 is 0 Å². The SMILES string of the molecule is Cc1cc2cc(C)c3oc4ccccc4c3c2c2c1oc1ccccc12. The third-order valence-electron chi connectivity index (χ3n) is 5.44. The normalized spacial score (nSPS) is 12.2. The van der Waals surface area contributed by atoms with Crippen LogP contribution in [-0.2, 0) is 0 Å². The van der Waals surface area contributed by atoms with Crippen molar-refractivity contribution < 1.29 is 8.83 Å². The molecule has 2 heteroatoms. The van der Waals surface area contributed by atoms with Crippen molar-refractivity contribution >= 4 is 54.6 Å². The first-order valence-electron chi connectivity index (χ1n) is 8.88. The number of furan rings is 2. The first-order valence-corrected chi connectivity index (χ1v) is 8.88. The van der Waals surface area contributed by atoms with Crippen molar-refractivity contribution in [1.82, 2.24) is 0 Å². The predicted molar refractivity (Wildman–Crippen MR) is 108 cm³/mol. The quantitative estimate of drug-likeness (QED) is 0.292. The van der Waals surface area contributed by atoms with Crippen molar-refractivity contribution in [3.05, 3.63) is 71.8 Å². The summed E-state index contributed by atoms with van der Waals surface area (Å²) in [5.74, 6) is 0. The summed E-state index contributed by atoms with van der Waals surface area (Å²) in [5, 5.41) is 7.15. The van der Waals surface area contributed by atoms with E-state index in [-0.39, 0.29) is 0 Å². The van der Waals surface area contributed by atoms with E-state index in [1.165, 1.54) is 21.5 Å². The van der Waals surface area contributed by atoms with Crippen LogP contribution in [0, 0.1) is 13.8 Å². The van der Waals surface area contributed by atoms with Crippen LogP contribution in [0.1, 0.15) is 11.1 Å². The highest BCUT2D eigenvalue weighted by molar-refractivity contribution is 6.31. The summed E-state index contributed by atoms with van der Waals surface area (Å²) < 4.78 is 12.5. The van der Waals surface area contributed by atoms with E-state index in [0.29, 0.717) is 0 Å². The fraction of sp³-hybridized carbons (Fsp3) is 0.0833. The largest absolute Gasteiger partial charge is 0.456 e. The van der Waals surface area contributed by atoms with E-state index in [1.54, 1.807) is 0 Å². The molecule has 0 fully saturated rings. The number of hydrogen-bond acceptors (Lipinski definition) is 2. The summed E-state index contributed by atoms with van der Waals surface area (Å²) in [6, 6.07) is 21.0. The average molecular weight is 336 g/mol. The Kier molecular flexibility index (Phi) is 2.51. The van der Waals surface area contributed by atoms with Crippen LogP contribution in [0.4, 0.5) is 0 Å². The fourth-order valence-corrected chi connectivity index (χ4v) is 4.34. The lowest BCUT2D eigenvalue weighted by atomic mass is 9.95. The second-order valence-corrected chi connectivity index (χ2v) is 7.09. The van der Waals surface area contributed by atoms with E-state index in [4.69, 9.17) is 8.83 Å². The van der Waals surface area contributed by atoms with Crippen molar-refractivity contribution in [2.24, 2.45) is 0 Å². The van der Waals surface area contributed by atoms with Gasteiger partial charge in [-0.2, -0.15) is 0 Å². The Morgan fingerprint density at radius 1 is 0.577 bits per heavy atom. The minimum absolute atomic E-state index is 0.930. The molecule has 0 N–H and O–H groups in total. The molecule has 2 nitrogen and oxygen atoms in total. The van der Waals surface area contributed by atoms with Crippen LogP contribution in [0.25, 0.3) is 54.6 Å². The Balaban J connectivity index is 2.05. The Hall–Kier alpha value is -3.26. The number of fused-ring (bicyclic) bond motifs is 9. The molecule has 0 atom stereocenters. The van der Waals surface area contributed by atoms with Crippen LogP contribution in [0.15, 0.2) is 69.5 Å². The number of hydrogen-bond donors (Lipinski definition) is 0. The maximum atomic E-state index is 6.23. The van der Waals surface area contributed by atoms with Gasteiger partial charge in [0.05, 0.1) is 0 Å². The van der Waals surface area contributed by atoms with Crippen molar-refractivity contribution in [2.75, 3.05) is 0 Å². The van der Waals surface area contributed by atoms with Gasteiger partial charge in [-0.05, 0) is 54.6 Å². The van der Waals surface area contributed by atoms with Gasteiger partial charge in [-0.15, -0.1) is 0 Å². The van der Waals surface area contributed by atoms with E-state index in [0.717, 1.165) is 44.2 Å². The van der Waals surface area contributed by atoms with Gasteiger partial charge in [0.1, 0.15) is 22.3 Å². The minimum atomic E-state index is 0.930. The van der Waals surface area contributed by atoms with Crippen molar-refractivity contribution in [3.8, 4) is 0 Å². The molecule has 6 rings (SSSR count). The standard InChI is InChI=1S/C24H16O2/c1-13-11-15-12-14(2)24-22(17-8-4-6-10-19(17)26-24)20(15)21-16-7-3-5-9-18(16)25-23(13)21/h3-12H,1-2H3. The molecule has 0 radical (unpaired) electrons. The van der Waals surface area contributed by atoms with Crippen LogP contribution < -0.4 is 0 Å². The molecule has 124 valence electrons. The second-order valence-electron chi connectivity index (χ2n) is 7.09. The maximum absolute atomic E-state index is 6.23. The highest BCUT2D eigenvalue weighted by atomic mass is 16.3. The highest BCUT2D eigenvalue weighted by Crippen LogP contribution is 2.43. The van der Waals surface area contributed by atoms with Gasteiger partial charge in [-0.25, -0.2) is 0 Å². The lowest BCUT2D eigenvalue weighted by Crippen LogP contribution is -1.83. The second kappa shape index (κ2) is 4.67. The Morgan fingerprint density at radius 3 is 1.54 bits per heavy atom. The summed E-state index contributed by atoms with van der Waals surface area (Å²) in [5.41, 5.74) is 6.12. The Bertz CT molecular complexity index is 1380. The molecule has 0 aliphatic carbocycles. The summed E-state index contributed by atoms with van der Waals surface area (Å²) in [4.78, 5) is 0.